The van der Waals surface area contributed by atoms with Gasteiger partial charge in [0, 0.05) is 43.8 Å². The normalized spacial score (nSPS) is 15.9. The number of halogens is 1. The topological polar surface area (TPSA) is 78.4 Å². The van der Waals surface area contributed by atoms with Crippen LogP contribution in [0.1, 0.15) is 12.7 Å². The second-order valence-electron chi connectivity index (χ2n) is 6.04. The molecule has 7 nitrogen and oxygen atoms in total. The molecule has 1 N–H and O–H groups in total. The monoisotopic (exact) mass is 395 g/mol. The highest BCUT2D eigenvalue weighted by molar-refractivity contribution is 7.89. The van der Waals surface area contributed by atoms with E-state index in [0.29, 0.717) is 37.0 Å². The molecule has 0 atom stereocenters. The second-order valence-corrected chi connectivity index (χ2v) is 8.41. The van der Waals surface area contributed by atoms with E-state index in [4.69, 9.17) is 11.6 Å². The van der Waals surface area contributed by atoms with Crippen LogP contribution in [0.2, 0.25) is 5.02 Å². The summed E-state index contributed by atoms with van der Waals surface area (Å²) >= 11 is 5.94. The van der Waals surface area contributed by atoms with E-state index in [2.05, 4.69) is 20.2 Å². The van der Waals surface area contributed by atoms with Crippen molar-refractivity contribution in [3.63, 3.8) is 0 Å². The van der Waals surface area contributed by atoms with Gasteiger partial charge in [-0.3, -0.25) is 0 Å². The predicted octanol–water partition coefficient (Wildman–Crippen LogP) is 2.38. The van der Waals surface area contributed by atoms with Crippen molar-refractivity contribution in [2.24, 2.45) is 0 Å². The van der Waals surface area contributed by atoms with Gasteiger partial charge in [-0.1, -0.05) is 17.7 Å². The highest BCUT2D eigenvalue weighted by Gasteiger charge is 2.29. The first-order valence-electron chi connectivity index (χ1n) is 8.50. The average molecular weight is 396 g/mol. The Balaban J connectivity index is 1.73. The number of hydrogen-bond acceptors (Lipinski definition) is 6. The van der Waals surface area contributed by atoms with Gasteiger partial charge >= 0.3 is 0 Å². The Morgan fingerprint density at radius 3 is 2.54 bits per heavy atom. The van der Waals surface area contributed by atoms with Crippen molar-refractivity contribution in [2.75, 3.05) is 42.9 Å². The van der Waals surface area contributed by atoms with Crippen molar-refractivity contribution in [3.8, 4) is 0 Å². The molecule has 0 radical (unpaired) electrons. The highest BCUT2D eigenvalue weighted by Crippen LogP contribution is 2.23. The van der Waals surface area contributed by atoms with E-state index >= 15 is 0 Å². The molecule has 0 saturated carbocycles. The lowest BCUT2D eigenvalue weighted by molar-refractivity contribution is 0.383. The van der Waals surface area contributed by atoms with E-state index < -0.39 is 10.0 Å². The molecule has 1 aromatic heterocycles. The van der Waals surface area contributed by atoms with Crippen molar-refractivity contribution < 1.29 is 8.42 Å². The fourth-order valence-electron chi connectivity index (χ4n) is 2.92. The molecule has 0 bridgehead atoms. The van der Waals surface area contributed by atoms with Crippen LogP contribution in [0, 0.1) is 6.92 Å². The van der Waals surface area contributed by atoms with Crippen LogP contribution in [0.25, 0.3) is 0 Å². The van der Waals surface area contributed by atoms with E-state index in [-0.39, 0.29) is 4.90 Å². The third-order valence-electron chi connectivity index (χ3n) is 4.18. The van der Waals surface area contributed by atoms with E-state index in [1.165, 1.54) is 10.4 Å². The molecule has 2 aromatic rings. The minimum absolute atomic E-state index is 0.228. The summed E-state index contributed by atoms with van der Waals surface area (Å²) in [4.78, 5) is 11.1. The molecule has 0 spiro atoms. The third kappa shape index (κ3) is 4.08. The number of anilines is 2. The number of nitrogens with one attached hydrogen (secondary N) is 1. The van der Waals surface area contributed by atoms with Gasteiger partial charge in [0.25, 0.3) is 0 Å². The number of rotatable bonds is 5. The minimum atomic E-state index is -3.54. The van der Waals surface area contributed by atoms with Crippen LogP contribution < -0.4 is 10.2 Å². The lowest BCUT2D eigenvalue weighted by Crippen LogP contribution is -2.49. The lowest BCUT2D eigenvalue weighted by Gasteiger charge is -2.34. The molecule has 3 rings (SSSR count). The van der Waals surface area contributed by atoms with Gasteiger partial charge in [0.1, 0.15) is 17.5 Å². The van der Waals surface area contributed by atoms with Crippen molar-refractivity contribution >= 4 is 33.3 Å². The first kappa shape index (κ1) is 18.9. The fourth-order valence-corrected chi connectivity index (χ4v) is 4.64. The number of benzene rings is 1. The van der Waals surface area contributed by atoms with Crippen molar-refractivity contribution in [3.05, 3.63) is 41.2 Å². The Morgan fingerprint density at radius 2 is 1.88 bits per heavy atom. The van der Waals surface area contributed by atoms with Gasteiger partial charge in [0.2, 0.25) is 10.0 Å². The third-order valence-corrected chi connectivity index (χ3v) is 6.31. The lowest BCUT2D eigenvalue weighted by atomic mass is 10.3. The Bertz CT molecular complexity index is 882. The fraction of sp³-hybridized carbons (Fsp3) is 0.412. The summed E-state index contributed by atoms with van der Waals surface area (Å²) in [5.41, 5.74) is 0. The maximum absolute atomic E-state index is 12.8. The van der Waals surface area contributed by atoms with Gasteiger partial charge in [0.05, 0.1) is 4.90 Å². The second kappa shape index (κ2) is 7.77. The van der Waals surface area contributed by atoms with Crippen molar-refractivity contribution in [1.82, 2.24) is 14.3 Å². The van der Waals surface area contributed by atoms with Gasteiger partial charge < -0.3 is 10.2 Å². The molecule has 1 fully saturated rings. The molecule has 0 aliphatic carbocycles. The number of piperazine rings is 1. The maximum atomic E-state index is 12.8. The van der Waals surface area contributed by atoms with Crippen LogP contribution in [0.3, 0.4) is 0 Å². The number of nitrogens with zero attached hydrogens (tertiary/aromatic N) is 4. The van der Waals surface area contributed by atoms with Gasteiger partial charge in [-0.05, 0) is 32.0 Å². The van der Waals surface area contributed by atoms with E-state index in [9.17, 15) is 8.42 Å². The predicted molar refractivity (Wildman–Crippen MR) is 103 cm³/mol. The molecule has 1 aliphatic heterocycles. The molecular formula is C17H22ClN5O2S. The smallest absolute Gasteiger partial charge is 0.243 e. The van der Waals surface area contributed by atoms with E-state index in [0.717, 1.165) is 18.2 Å². The summed E-state index contributed by atoms with van der Waals surface area (Å²) in [5, 5.41) is 3.61. The first-order chi connectivity index (χ1) is 12.4. The summed E-state index contributed by atoms with van der Waals surface area (Å²) in [7, 11) is -3.54. The van der Waals surface area contributed by atoms with Crippen LogP contribution in [0.5, 0.6) is 0 Å². The van der Waals surface area contributed by atoms with Crippen LogP contribution >= 0.6 is 11.6 Å². The number of aromatic nitrogens is 2. The van der Waals surface area contributed by atoms with Gasteiger partial charge in [-0.15, -0.1) is 0 Å². The molecule has 1 aromatic carbocycles. The maximum Gasteiger partial charge on any atom is 0.243 e. The molecule has 1 aliphatic rings. The molecule has 0 unspecified atom stereocenters. The van der Waals surface area contributed by atoms with Crippen LogP contribution in [-0.4, -0.2) is 55.4 Å². The molecule has 1 saturated heterocycles. The van der Waals surface area contributed by atoms with Gasteiger partial charge in [0.15, 0.2) is 0 Å². The Hall–Kier alpha value is -1.90. The highest BCUT2D eigenvalue weighted by atomic mass is 35.5. The first-order valence-corrected chi connectivity index (χ1v) is 10.3. The van der Waals surface area contributed by atoms with Gasteiger partial charge in [-0.2, -0.15) is 4.31 Å². The summed E-state index contributed by atoms with van der Waals surface area (Å²) in [6, 6.07) is 8.27. The SMILES string of the molecule is CCNc1cc(N2CCN(S(=O)(=O)c3cccc(Cl)c3)CC2)nc(C)n1. The van der Waals surface area contributed by atoms with Crippen LogP contribution in [0.15, 0.2) is 35.2 Å². The standard InChI is InChI=1S/C17H22ClN5O2S/c1-3-19-16-12-17(21-13(2)20-16)22-7-9-23(10-8-22)26(24,25)15-6-4-5-14(18)11-15/h4-6,11-12H,3,7-10H2,1-2H3,(H,19,20,21). The van der Waals surface area contributed by atoms with Gasteiger partial charge in [-0.25, -0.2) is 18.4 Å². The van der Waals surface area contributed by atoms with E-state index in [1.54, 1.807) is 18.2 Å². The summed E-state index contributed by atoms with van der Waals surface area (Å²) in [6.45, 7) is 6.58. The molecule has 140 valence electrons. The quantitative estimate of drug-likeness (QED) is 0.837. The zero-order chi connectivity index (χ0) is 18.7. The number of aryl methyl sites for hydroxylation is 1. The van der Waals surface area contributed by atoms with Crippen molar-refractivity contribution in [1.29, 1.82) is 0 Å². The van der Waals surface area contributed by atoms with E-state index in [1.807, 2.05) is 19.9 Å². The molecule has 2 heterocycles. The zero-order valence-corrected chi connectivity index (χ0v) is 16.4. The van der Waals surface area contributed by atoms with Crippen LogP contribution in [0.4, 0.5) is 11.6 Å². The number of sulfonamides is 1. The van der Waals surface area contributed by atoms with Crippen LogP contribution in [-0.2, 0) is 10.0 Å². The molecule has 0 amide bonds. The Labute approximate surface area is 159 Å². The summed E-state index contributed by atoms with van der Waals surface area (Å²) in [6.07, 6.45) is 0. The molecular weight excluding hydrogens is 374 g/mol. The summed E-state index contributed by atoms with van der Waals surface area (Å²) < 4.78 is 27.1. The molecule has 9 heteroatoms. The largest absolute Gasteiger partial charge is 0.370 e. The molecule has 26 heavy (non-hydrogen) atoms. The minimum Gasteiger partial charge on any atom is -0.370 e. The Morgan fingerprint density at radius 1 is 1.15 bits per heavy atom. The van der Waals surface area contributed by atoms with Crippen molar-refractivity contribution in [2.45, 2.75) is 18.7 Å². The zero-order valence-electron chi connectivity index (χ0n) is 14.8. The summed E-state index contributed by atoms with van der Waals surface area (Å²) in [5.74, 6) is 2.28. The Kier molecular flexibility index (Phi) is 5.64. The number of hydrogen-bond donors (Lipinski definition) is 1. The average Bonchev–Trinajstić information content (AvgIpc) is 2.61.